The Bertz CT molecular complexity index is 2750. The molecule has 0 unspecified atom stereocenters. The molecule has 0 radical (unpaired) electrons. The van der Waals surface area contributed by atoms with Crippen LogP contribution in [0, 0.1) is 0 Å². The molecule has 8 aromatic carbocycles. The minimum Gasteiger partial charge on any atom is -0.0622 e. The molecule has 8 rings (SSSR count). The van der Waals surface area contributed by atoms with Gasteiger partial charge < -0.3 is 0 Å². The fourth-order valence-electron chi connectivity index (χ4n) is 7.25. The maximum atomic E-state index is 9.23. The second-order valence-corrected chi connectivity index (χ2v) is 42.8. The van der Waals surface area contributed by atoms with Crippen LogP contribution in [0.1, 0.15) is 11.1 Å². The van der Waals surface area contributed by atoms with Crippen LogP contribution in [0.15, 0.2) is 243 Å². The molecule has 384 valence electrons. The van der Waals surface area contributed by atoms with E-state index < -0.39 is 53.7 Å². The first-order valence-corrected chi connectivity index (χ1v) is 45.5. The Morgan fingerprint density at radius 2 is 0.403 bits per heavy atom. The molecule has 0 saturated carbocycles. The molecule has 0 amide bonds. The first-order chi connectivity index (χ1) is 33.8. The average Bonchev–Trinajstić information content (AvgIpc) is 3.33. The van der Waals surface area contributed by atoms with Gasteiger partial charge in [-0.25, -0.2) is 0 Å². The molecule has 0 aliphatic heterocycles. The minimum absolute atomic E-state index is 0.851. The molecule has 0 bridgehead atoms. The zero-order chi connectivity index (χ0) is 53.3. The molecule has 0 atom stereocenters. The average molecular weight is 1630 g/mol. The van der Waals surface area contributed by atoms with Crippen molar-refractivity contribution >= 4 is 128 Å². The van der Waals surface area contributed by atoms with Crippen molar-refractivity contribution in [1.29, 1.82) is 0 Å². The SMILES string of the molecule is [O]=[Mn](=[O])([O-])[I].[O]=[Mn](=[O])([O-])[I].[O]=[Mn](=[O])([OH])[I].[O]=[Mn](=[O])([OH])[I].c1ccc(C[P+](c2ccccc2)(c2ccccc2)c2ccccc2)cc1.c1ccc(C[P+](c2ccccc2)(c2ccccc2)c2ccccc2)cc1. The van der Waals surface area contributed by atoms with Gasteiger partial charge in [0.15, 0.2) is 0 Å². The summed E-state index contributed by atoms with van der Waals surface area (Å²) in [6.07, 6.45) is 2.07. The number of halogens is 4. The zero-order valence-electron chi connectivity index (χ0n) is 37.4. The van der Waals surface area contributed by atoms with Gasteiger partial charge in [0.05, 0.1) is 12.3 Å². The first-order valence-electron chi connectivity index (χ1n) is 20.4. The summed E-state index contributed by atoms with van der Waals surface area (Å²) in [6, 6.07) is 88.1. The van der Waals surface area contributed by atoms with E-state index in [-0.39, 0.29) is 0 Å². The molecule has 12 nitrogen and oxygen atoms in total. The molecule has 22 heteroatoms. The van der Waals surface area contributed by atoms with Crippen LogP contribution in [0.25, 0.3) is 0 Å². The Morgan fingerprint density at radius 3 is 0.528 bits per heavy atom. The number of benzene rings is 8. The summed E-state index contributed by atoms with van der Waals surface area (Å²) in [4.78, 5) is 0. The third-order valence-corrected chi connectivity index (χ3v) is 18.5. The Kier molecular flexibility index (Phi) is 28.3. The Hall–Kier alpha value is -2.14. The zero-order valence-corrected chi connectivity index (χ0v) is 52.5. The smallest absolute Gasteiger partial charge is 0.0622 e. The molecule has 0 spiro atoms. The number of rotatable bonds is 10. The molecule has 0 aliphatic rings. The number of hydrogen-bond donors (Lipinski definition) is 2. The van der Waals surface area contributed by atoms with Crippen LogP contribution < -0.4 is 40.2 Å². The summed E-state index contributed by atoms with van der Waals surface area (Å²) in [6.45, 7) is 0. The first kappa shape index (κ1) is 64.1. The van der Waals surface area contributed by atoms with Crippen LogP contribution in [0.3, 0.4) is 0 Å². The summed E-state index contributed by atoms with van der Waals surface area (Å²) in [5.74, 6) is 0. The van der Waals surface area contributed by atoms with E-state index in [1.54, 1.807) is 0 Å². The predicted octanol–water partition coefficient (Wildman–Crippen LogP) is 9.45. The molecular formula is C50H46I4Mn4O12P2. The molecule has 0 fully saturated rings. The largest absolute Gasteiger partial charge is 0.116 e. The Morgan fingerprint density at radius 1 is 0.292 bits per heavy atom. The Labute approximate surface area is 474 Å². The molecule has 8 aromatic rings. The summed E-state index contributed by atoms with van der Waals surface area (Å²) in [5, 5.41) is 8.59. The van der Waals surface area contributed by atoms with Gasteiger partial charge in [-0.3, -0.25) is 0 Å². The van der Waals surface area contributed by atoms with E-state index in [1.165, 1.54) is 43.0 Å². The quantitative estimate of drug-likeness (QED) is 0.0742. The van der Waals surface area contributed by atoms with Gasteiger partial charge in [0.1, 0.15) is 46.4 Å². The second kappa shape index (κ2) is 31.8. The maximum absolute atomic E-state index is 9.23. The van der Waals surface area contributed by atoms with Crippen LogP contribution in [0.5, 0.6) is 0 Å². The van der Waals surface area contributed by atoms with Crippen molar-refractivity contribution in [1.82, 2.24) is 0 Å². The van der Waals surface area contributed by atoms with Gasteiger partial charge in [-0.1, -0.05) is 170 Å². The van der Waals surface area contributed by atoms with Crippen molar-refractivity contribution in [2.24, 2.45) is 0 Å². The molecule has 0 aliphatic carbocycles. The van der Waals surface area contributed by atoms with Crippen LogP contribution in [0.4, 0.5) is 0 Å². The van der Waals surface area contributed by atoms with Gasteiger partial charge in [-0.15, -0.1) is 0 Å². The summed E-state index contributed by atoms with van der Waals surface area (Å²) < 4.78 is 107. The Balaban J connectivity index is 0.000000277. The normalized spacial score (nSPS) is 11.3. The number of hydrogen-bond acceptors (Lipinski definition) is 10. The molecule has 0 heterocycles. The fourth-order valence-corrected chi connectivity index (χ4v) is 15.7. The van der Waals surface area contributed by atoms with Crippen LogP contribution in [0.2, 0.25) is 0 Å². The minimum atomic E-state index is -4.40. The molecule has 2 N–H and O–H groups in total. The van der Waals surface area contributed by atoms with E-state index >= 15 is 0 Å². The fraction of sp³-hybridized carbons (Fsp3) is 0.0400. The van der Waals surface area contributed by atoms with E-state index in [9.17, 15) is 15.3 Å². The predicted molar refractivity (Wildman–Crippen MR) is 297 cm³/mol. The van der Waals surface area contributed by atoms with E-state index in [1.807, 2.05) is 0 Å². The third-order valence-electron chi connectivity index (χ3n) is 9.71. The van der Waals surface area contributed by atoms with Gasteiger partial charge in [-0.2, -0.15) is 0 Å². The molecule has 72 heavy (non-hydrogen) atoms. The summed E-state index contributed by atoms with van der Waals surface area (Å²) >= 11 is 3.63. The van der Waals surface area contributed by atoms with Crippen LogP contribution in [-0.2, 0) is 82.2 Å². The van der Waals surface area contributed by atoms with Crippen molar-refractivity contribution in [2.45, 2.75) is 12.3 Å². The van der Waals surface area contributed by atoms with Gasteiger partial charge in [0, 0.05) is 0 Å². The van der Waals surface area contributed by atoms with Crippen LogP contribution >= 0.6 is 95.9 Å². The van der Waals surface area contributed by atoms with Crippen molar-refractivity contribution < 1.29 is 86.6 Å². The topological polar surface area (TPSA) is 223 Å². The molecule has 0 saturated heterocycles. The molecular weight excluding hydrogens is 1580 g/mol. The van der Waals surface area contributed by atoms with E-state index in [4.69, 9.17) is 32.1 Å². The second-order valence-electron chi connectivity index (χ2n) is 14.4. The van der Waals surface area contributed by atoms with Gasteiger partial charge in [-0.05, 0) is 83.9 Å². The van der Waals surface area contributed by atoms with Crippen molar-refractivity contribution in [3.8, 4) is 0 Å². The van der Waals surface area contributed by atoms with E-state index in [0.717, 1.165) is 93.7 Å². The van der Waals surface area contributed by atoms with Gasteiger partial charge in [0.25, 0.3) is 0 Å². The van der Waals surface area contributed by atoms with Gasteiger partial charge in [0.2, 0.25) is 0 Å². The van der Waals surface area contributed by atoms with E-state index in [0.29, 0.717) is 0 Å². The standard InChI is InChI=1S/2C25H22P.4HI.4Mn.2H2O.10O/c2*1-5-13-22(14-6-1)21-26(23-15-7-2-8-16-23,24-17-9-3-10-18-24)25-19-11-4-12-20-25;;;;;;;;;;;;;;;;;;;;/h2*1-20H,21H2;4*1H;;;;;2*1H2;;;;;;;;;;/q2*+1;;;;;2*+1;2*+2;;;;;;;;;;;2*-1/p-6. The monoisotopic (exact) mass is 1630 g/mol. The molecule has 0 aromatic heterocycles. The van der Waals surface area contributed by atoms with Crippen molar-refractivity contribution in [3.05, 3.63) is 254 Å². The summed E-state index contributed by atoms with van der Waals surface area (Å²) in [5.41, 5.74) is 2.77. The van der Waals surface area contributed by atoms with E-state index in [2.05, 4.69) is 243 Å². The van der Waals surface area contributed by atoms with Crippen molar-refractivity contribution in [2.75, 3.05) is 0 Å². The van der Waals surface area contributed by atoms with Crippen LogP contribution in [-0.4, -0.2) is 8.38 Å². The van der Waals surface area contributed by atoms with Crippen molar-refractivity contribution in [3.63, 3.8) is 0 Å². The van der Waals surface area contributed by atoms with Gasteiger partial charge >= 0.3 is 168 Å². The summed E-state index contributed by atoms with van der Waals surface area (Å²) in [7, 11) is -20.7. The third kappa shape index (κ3) is 26.1. The maximum Gasteiger partial charge on any atom is 0.116 e.